The summed E-state index contributed by atoms with van der Waals surface area (Å²) in [6.07, 6.45) is 1.39. The Kier molecular flexibility index (Phi) is 6.00. The van der Waals surface area contributed by atoms with E-state index in [1.54, 1.807) is 24.3 Å². The van der Waals surface area contributed by atoms with Gasteiger partial charge in [0.1, 0.15) is 11.5 Å². The quantitative estimate of drug-likeness (QED) is 0.390. The van der Waals surface area contributed by atoms with E-state index in [0.717, 1.165) is 10.0 Å². The van der Waals surface area contributed by atoms with E-state index in [4.69, 9.17) is 4.74 Å². The maximum absolute atomic E-state index is 12.2. The van der Waals surface area contributed by atoms with Crippen molar-refractivity contribution in [3.63, 3.8) is 0 Å². The van der Waals surface area contributed by atoms with Gasteiger partial charge in [-0.2, -0.15) is 5.10 Å². The third kappa shape index (κ3) is 4.44. The lowest BCUT2D eigenvalue weighted by Crippen LogP contribution is -2.18. The SMILES string of the molecule is COc1cc(C)ccc1C(=O)N/N=C\c1cc(Br)cc(I)c1O. The first-order chi connectivity index (χ1) is 10.9. The molecule has 7 heteroatoms. The number of hydrogen-bond donors (Lipinski definition) is 2. The maximum Gasteiger partial charge on any atom is 0.275 e. The molecule has 0 unspecified atom stereocenters. The first kappa shape index (κ1) is 17.7. The number of carbonyl (C=O) groups is 1. The van der Waals surface area contributed by atoms with Gasteiger partial charge in [0.25, 0.3) is 5.91 Å². The number of methoxy groups -OCH3 is 1. The van der Waals surface area contributed by atoms with Gasteiger partial charge in [-0.1, -0.05) is 22.0 Å². The molecule has 0 heterocycles. The topological polar surface area (TPSA) is 70.9 Å². The second-order valence-corrected chi connectivity index (χ2v) is 6.81. The zero-order valence-corrected chi connectivity index (χ0v) is 16.2. The number of rotatable bonds is 4. The highest BCUT2D eigenvalue weighted by Crippen LogP contribution is 2.27. The zero-order chi connectivity index (χ0) is 17.0. The number of nitrogens with one attached hydrogen (secondary N) is 1. The monoisotopic (exact) mass is 488 g/mol. The van der Waals surface area contributed by atoms with E-state index in [9.17, 15) is 9.90 Å². The van der Waals surface area contributed by atoms with Crippen LogP contribution >= 0.6 is 38.5 Å². The minimum absolute atomic E-state index is 0.111. The van der Waals surface area contributed by atoms with Crippen LogP contribution in [-0.2, 0) is 0 Å². The molecule has 0 saturated carbocycles. The van der Waals surface area contributed by atoms with Crippen LogP contribution in [0.25, 0.3) is 0 Å². The molecule has 2 aromatic carbocycles. The molecule has 0 aromatic heterocycles. The Morgan fingerprint density at radius 3 is 2.83 bits per heavy atom. The molecule has 2 aromatic rings. The highest BCUT2D eigenvalue weighted by atomic mass is 127. The largest absolute Gasteiger partial charge is 0.506 e. The Bertz CT molecular complexity index is 778. The summed E-state index contributed by atoms with van der Waals surface area (Å²) in [5.74, 6) is 0.208. The molecular weight excluding hydrogens is 475 g/mol. The van der Waals surface area contributed by atoms with Gasteiger partial charge in [-0.05, 0) is 59.3 Å². The fraction of sp³-hybridized carbons (Fsp3) is 0.125. The van der Waals surface area contributed by atoms with Crippen molar-refractivity contribution in [2.24, 2.45) is 5.10 Å². The van der Waals surface area contributed by atoms with Crippen LogP contribution in [0.15, 0.2) is 39.9 Å². The van der Waals surface area contributed by atoms with Crippen molar-refractivity contribution in [3.05, 3.63) is 55.1 Å². The van der Waals surface area contributed by atoms with Crippen LogP contribution in [0.4, 0.5) is 0 Å². The number of aryl methyl sites for hydroxylation is 1. The van der Waals surface area contributed by atoms with Crippen LogP contribution < -0.4 is 10.2 Å². The average molecular weight is 489 g/mol. The minimum Gasteiger partial charge on any atom is -0.506 e. The van der Waals surface area contributed by atoms with Crippen molar-refractivity contribution >= 4 is 50.6 Å². The molecule has 0 aliphatic rings. The van der Waals surface area contributed by atoms with Gasteiger partial charge in [-0.15, -0.1) is 0 Å². The standard InChI is InChI=1S/C16H14BrIN2O3/c1-9-3-4-12(14(5-9)23-2)16(22)20-19-8-10-6-11(17)7-13(18)15(10)21/h3-8,21H,1-2H3,(H,20,22)/b19-8-. The van der Waals surface area contributed by atoms with Crippen molar-refractivity contribution in [2.45, 2.75) is 6.92 Å². The lowest BCUT2D eigenvalue weighted by molar-refractivity contribution is 0.0952. The summed E-state index contributed by atoms with van der Waals surface area (Å²) in [7, 11) is 1.51. The number of hydrogen-bond acceptors (Lipinski definition) is 4. The molecule has 0 fully saturated rings. The molecule has 120 valence electrons. The average Bonchev–Trinajstić information content (AvgIpc) is 2.51. The molecule has 0 aliphatic heterocycles. The molecule has 0 spiro atoms. The van der Waals surface area contributed by atoms with Crippen LogP contribution in [0.5, 0.6) is 11.5 Å². The summed E-state index contributed by atoms with van der Waals surface area (Å²) in [6.45, 7) is 1.92. The number of ether oxygens (including phenoxy) is 1. The summed E-state index contributed by atoms with van der Waals surface area (Å²) in [5, 5.41) is 13.9. The maximum atomic E-state index is 12.2. The van der Waals surface area contributed by atoms with Crippen LogP contribution in [-0.4, -0.2) is 24.3 Å². The molecule has 0 bridgehead atoms. The van der Waals surface area contributed by atoms with E-state index in [-0.39, 0.29) is 11.7 Å². The molecule has 0 saturated heterocycles. The molecule has 23 heavy (non-hydrogen) atoms. The Morgan fingerprint density at radius 2 is 2.13 bits per heavy atom. The predicted octanol–water partition coefficient (Wildman–Crippen LogP) is 3.84. The van der Waals surface area contributed by atoms with Gasteiger partial charge in [-0.25, -0.2) is 5.43 Å². The van der Waals surface area contributed by atoms with Crippen LogP contribution in [0.1, 0.15) is 21.5 Å². The first-order valence-corrected chi connectivity index (χ1v) is 8.45. The molecule has 0 aliphatic carbocycles. The fourth-order valence-electron chi connectivity index (χ4n) is 1.89. The Morgan fingerprint density at radius 1 is 1.39 bits per heavy atom. The summed E-state index contributed by atoms with van der Waals surface area (Å²) >= 11 is 5.37. The molecule has 2 N–H and O–H groups in total. The van der Waals surface area contributed by atoms with Crippen molar-refractivity contribution < 1.29 is 14.6 Å². The molecule has 5 nitrogen and oxygen atoms in total. The van der Waals surface area contributed by atoms with E-state index >= 15 is 0 Å². The number of phenolic OH excluding ortho intramolecular Hbond substituents is 1. The fourth-order valence-corrected chi connectivity index (χ4v) is 3.44. The second-order valence-electron chi connectivity index (χ2n) is 4.73. The van der Waals surface area contributed by atoms with Gasteiger partial charge in [0.2, 0.25) is 0 Å². The van der Waals surface area contributed by atoms with Gasteiger partial charge in [0.05, 0.1) is 22.5 Å². The normalized spacial score (nSPS) is 10.8. The van der Waals surface area contributed by atoms with Crippen molar-refractivity contribution in [2.75, 3.05) is 7.11 Å². The third-order valence-electron chi connectivity index (χ3n) is 3.03. The van der Waals surface area contributed by atoms with E-state index in [2.05, 4.69) is 26.5 Å². The van der Waals surface area contributed by atoms with E-state index in [1.165, 1.54) is 13.3 Å². The number of amides is 1. The van der Waals surface area contributed by atoms with Crippen LogP contribution in [0.3, 0.4) is 0 Å². The smallest absolute Gasteiger partial charge is 0.275 e. The number of halogens is 2. The summed E-state index contributed by atoms with van der Waals surface area (Å²) in [6, 6.07) is 8.77. The van der Waals surface area contributed by atoms with E-state index < -0.39 is 0 Å². The lowest BCUT2D eigenvalue weighted by atomic mass is 10.1. The number of nitrogens with zero attached hydrogens (tertiary/aromatic N) is 1. The van der Waals surface area contributed by atoms with Crippen LogP contribution in [0, 0.1) is 10.5 Å². The number of hydrazone groups is 1. The van der Waals surface area contributed by atoms with Crippen molar-refractivity contribution in [1.29, 1.82) is 0 Å². The molecule has 0 atom stereocenters. The van der Waals surface area contributed by atoms with Gasteiger partial charge in [-0.3, -0.25) is 4.79 Å². The zero-order valence-electron chi connectivity index (χ0n) is 12.4. The van der Waals surface area contributed by atoms with Gasteiger partial charge in [0.15, 0.2) is 0 Å². The van der Waals surface area contributed by atoms with E-state index in [0.29, 0.717) is 20.4 Å². The summed E-state index contributed by atoms with van der Waals surface area (Å²) in [5.41, 5.74) is 4.32. The Hall–Kier alpha value is -1.61. The number of benzene rings is 2. The second kappa shape index (κ2) is 7.78. The van der Waals surface area contributed by atoms with Crippen molar-refractivity contribution in [3.8, 4) is 11.5 Å². The van der Waals surface area contributed by atoms with Crippen molar-refractivity contribution in [1.82, 2.24) is 5.43 Å². The minimum atomic E-state index is -0.387. The van der Waals surface area contributed by atoms with Gasteiger partial charge in [0, 0.05) is 10.0 Å². The van der Waals surface area contributed by atoms with Crippen LogP contribution in [0.2, 0.25) is 0 Å². The van der Waals surface area contributed by atoms with Gasteiger partial charge < -0.3 is 9.84 Å². The summed E-state index contributed by atoms with van der Waals surface area (Å²) in [4.78, 5) is 12.2. The highest BCUT2D eigenvalue weighted by Gasteiger charge is 2.11. The predicted molar refractivity (Wildman–Crippen MR) is 101 cm³/mol. The molecular formula is C16H14BrIN2O3. The summed E-state index contributed by atoms with van der Waals surface area (Å²) < 4.78 is 6.70. The highest BCUT2D eigenvalue weighted by molar-refractivity contribution is 14.1. The first-order valence-electron chi connectivity index (χ1n) is 6.58. The third-order valence-corrected chi connectivity index (χ3v) is 4.31. The van der Waals surface area contributed by atoms with Gasteiger partial charge >= 0.3 is 0 Å². The Labute approximate surface area is 156 Å². The molecule has 2 rings (SSSR count). The Balaban J connectivity index is 2.16. The number of aromatic hydroxyl groups is 1. The number of phenols is 1. The number of carbonyl (C=O) groups excluding carboxylic acids is 1. The lowest BCUT2D eigenvalue weighted by Gasteiger charge is -2.08. The van der Waals surface area contributed by atoms with E-state index in [1.807, 2.05) is 35.6 Å². The molecule has 0 radical (unpaired) electrons. The molecule has 1 amide bonds.